The normalized spacial score (nSPS) is 11.6. The quantitative estimate of drug-likeness (QED) is 0.498. The van der Waals surface area contributed by atoms with Gasteiger partial charge in [-0.25, -0.2) is 4.98 Å². The first-order chi connectivity index (χ1) is 13.0. The zero-order valence-electron chi connectivity index (χ0n) is 14.5. The molecule has 136 valence electrons. The van der Waals surface area contributed by atoms with Crippen molar-refractivity contribution < 1.29 is 9.72 Å². The molecule has 27 heavy (non-hydrogen) atoms. The minimum atomic E-state index is -0.448. The summed E-state index contributed by atoms with van der Waals surface area (Å²) < 4.78 is 0. The van der Waals surface area contributed by atoms with Crippen molar-refractivity contribution in [3.8, 4) is 0 Å². The molecule has 1 heterocycles. The lowest BCUT2D eigenvalue weighted by atomic mass is 10.1. The Morgan fingerprint density at radius 3 is 2.56 bits per heavy atom. The number of amides is 1. The SMILES string of the molecule is CC(NC(=O)c1ccc(Sc2ccccn2)cc1)c1cccc([N+](=O)[O-])c1. The van der Waals surface area contributed by atoms with E-state index in [0.717, 1.165) is 9.92 Å². The molecule has 3 rings (SSSR count). The lowest BCUT2D eigenvalue weighted by molar-refractivity contribution is -0.384. The number of carbonyl (C=O) groups excluding carboxylic acids is 1. The van der Waals surface area contributed by atoms with Crippen LogP contribution < -0.4 is 5.32 Å². The van der Waals surface area contributed by atoms with Crippen LogP contribution in [0.5, 0.6) is 0 Å². The van der Waals surface area contributed by atoms with Crippen molar-refractivity contribution in [2.24, 2.45) is 0 Å². The zero-order chi connectivity index (χ0) is 19.2. The standard InChI is InChI=1S/C20H17N3O3S/c1-14(16-5-4-6-17(13-16)23(25)26)22-20(24)15-8-10-18(11-9-15)27-19-7-2-3-12-21-19/h2-14H,1H3,(H,22,24). The number of hydrogen-bond acceptors (Lipinski definition) is 5. The van der Waals surface area contributed by atoms with E-state index in [4.69, 9.17) is 0 Å². The number of non-ortho nitro benzene ring substituents is 1. The first kappa shape index (κ1) is 18.6. The van der Waals surface area contributed by atoms with Crippen molar-refractivity contribution in [2.45, 2.75) is 22.9 Å². The lowest BCUT2D eigenvalue weighted by Crippen LogP contribution is -2.26. The Labute approximate surface area is 160 Å². The predicted molar refractivity (Wildman–Crippen MR) is 104 cm³/mol. The van der Waals surface area contributed by atoms with Crippen LogP contribution in [0.25, 0.3) is 0 Å². The average Bonchev–Trinajstić information content (AvgIpc) is 2.69. The fraction of sp³-hybridized carbons (Fsp3) is 0.100. The number of nitro groups is 1. The molecule has 0 fully saturated rings. The van der Waals surface area contributed by atoms with E-state index in [1.807, 2.05) is 30.3 Å². The van der Waals surface area contributed by atoms with Crippen molar-refractivity contribution in [1.82, 2.24) is 10.3 Å². The largest absolute Gasteiger partial charge is 0.346 e. The Morgan fingerprint density at radius 2 is 1.89 bits per heavy atom. The molecule has 2 aromatic carbocycles. The van der Waals surface area contributed by atoms with Crippen LogP contribution in [0.1, 0.15) is 28.9 Å². The second-order valence-electron chi connectivity index (χ2n) is 5.84. The van der Waals surface area contributed by atoms with Gasteiger partial charge in [-0.2, -0.15) is 0 Å². The van der Waals surface area contributed by atoms with Gasteiger partial charge in [0.1, 0.15) is 5.03 Å². The van der Waals surface area contributed by atoms with Gasteiger partial charge in [0.25, 0.3) is 11.6 Å². The fourth-order valence-corrected chi connectivity index (χ4v) is 3.25. The summed E-state index contributed by atoms with van der Waals surface area (Å²) in [6.45, 7) is 1.79. The highest BCUT2D eigenvalue weighted by Crippen LogP contribution is 2.26. The molecule has 0 bridgehead atoms. The summed E-state index contributed by atoms with van der Waals surface area (Å²) >= 11 is 1.52. The van der Waals surface area contributed by atoms with Crippen LogP contribution in [0, 0.1) is 10.1 Å². The predicted octanol–water partition coefficient (Wildman–Crippen LogP) is 4.63. The molecular formula is C20H17N3O3S. The van der Waals surface area contributed by atoms with Gasteiger partial charge in [-0.05, 0) is 48.9 Å². The Morgan fingerprint density at radius 1 is 1.11 bits per heavy atom. The first-order valence-corrected chi connectivity index (χ1v) is 9.09. The maximum atomic E-state index is 12.5. The van der Waals surface area contributed by atoms with Gasteiger partial charge in [-0.3, -0.25) is 14.9 Å². The van der Waals surface area contributed by atoms with Crippen LogP contribution in [-0.4, -0.2) is 15.8 Å². The maximum absolute atomic E-state index is 12.5. The Hall–Kier alpha value is -3.19. The number of pyridine rings is 1. The summed E-state index contributed by atoms with van der Waals surface area (Å²) in [5, 5.41) is 14.6. The van der Waals surface area contributed by atoms with Crippen LogP contribution in [0.4, 0.5) is 5.69 Å². The number of nitrogens with zero attached hydrogens (tertiary/aromatic N) is 2. The van der Waals surface area contributed by atoms with Crippen LogP contribution in [-0.2, 0) is 0 Å². The third kappa shape index (κ3) is 4.92. The van der Waals surface area contributed by atoms with Gasteiger partial charge in [0.2, 0.25) is 0 Å². The molecule has 1 atom stereocenters. The molecule has 6 nitrogen and oxygen atoms in total. The second-order valence-corrected chi connectivity index (χ2v) is 6.94. The summed E-state index contributed by atoms with van der Waals surface area (Å²) in [4.78, 5) is 28.1. The van der Waals surface area contributed by atoms with Crippen molar-refractivity contribution in [2.75, 3.05) is 0 Å². The molecule has 7 heteroatoms. The number of nitro benzene ring substituents is 1. The number of carbonyl (C=O) groups is 1. The highest BCUT2D eigenvalue weighted by molar-refractivity contribution is 7.99. The van der Waals surface area contributed by atoms with Gasteiger partial charge < -0.3 is 5.32 Å². The van der Waals surface area contributed by atoms with Crippen LogP contribution >= 0.6 is 11.8 Å². The van der Waals surface area contributed by atoms with Crippen molar-refractivity contribution >= 4 is 23.4 Å². The highest BCUT2D eigenvalue weighted by Gasteiger charge is 2.14. The van der Waals surface area contributed by atoms with E-state index in [2.05, 4.69) is 10.3 Å². The first-order valence-electron chi connectivity index (χ1n) is 8.27. The zero-order valence-corrected chi connectivity index (χ0v) is 15.3. The molecule has 0 saturated carbocycles. The molecule has 0 saturated heterocycles. The lowest BCUT2D eigenvalue weighted by Gasteiger charge is -2.14. The van der Waals surface area contributed by atoms with Crippen LogP contribution in [0.15, 0.2) is 82.8 Å². The summed E-state index contributed by atoms with van der Waals surface area (Å²) in [5.41, 5.74) is 1.21. The third-order valence-electron chi connectivity index (χ3n) is 3.91. The van der Waals surface area contributed by atoms with Gasteiger partial charge >= 0.3 is 0 Å². The van der Waals surface area contributed by atoms with E-state index < -0.39 is 4.92 Å². The molecule has 1 unspecified atom stereocenters. The molecule has 1 N–H and O–H groups in total. The van der Waals surface area contributed by atoms with E-state index in [1.54, 1.807) is 37.4 Å². The van der Waals surface area contributed by atoms with Crippen LogP contribution in [0.2, 0.25) is 0 Å². The average molecular weight is 379 g/mol. The molecule has 3 aromatic rings. The minimum Gasteiger partial charge on any atom is -0.346 e. The van der Waals surface area contributed by atoms with E-state index in [9.17, 15) is 14.9 Å². The molecular weight excluding hydrogens is 362 g/mol. The topological polar surface area (TPSA) is 85.1 Å². The van der Waals surface area contributed by atoms with Gasteiger partial charge in [0.05, 0.1) is 11.0 Å². The van der Waals surface area contributed by atoms with Gasteiger partial charge in [-0.1, -0.05) is 30.0 Å². The molecule has 0 aliphatic carbocycles. The Balaban J connectivity index is 1.65. The van der Waals surface area contributed by atoms with Gasteiger partial charge in [0, 0.05) is 28.8 Å². The smallest absolute Gasteiger partial charge is 0.269 e. The van der Waals surface area contributed by atoms with Crippen molar-refractivity contribution in [1.29, 1.82) is 0 Å². The number of benzene rings is 2. The van der Waals surface area contributed by atoms with Crippen molar-refractivity contribution in [3.05, 3.63) is 94.2 Å². The van der Waals surface area contributed by atoms with E-state index in [0.29, 0.717) is 11.1 Å². The number of hydrogen-bond donors (Lipinski definition) is 1. The Bertz CT molecular complexity index is 946. The highest BCUT2D eigenvalue weighted by atomic mass is 32.2. The summed E-state index contributed by atoms with van der Waals surface area (Å²) in [5.74, 6) is -0.233. The molecule has 0 aliphatic heterocycles. The van der Waals surface area contributed by atoms with Crippen LogP contribution in [0.3, 0.4) is 0 Å². The van der Waals surface area contributed by atoms with Gasteiger partial charge in [0.15, 0.2) is 0 Å². The van der Waals surface area contributed by atoms with E-state index in [1.165, 1.54) is 23.9 Å². The monoisotopic (exact) mass is 379 g/mol. The number of aromatic nitrogens is 1. The van der Waals surface area contributed by atoms with E-state index in [-0.39, 0.29) is 17.6 Å². The second kappa shape index (κ2) is 8.46. The molecule has 0 aliphatic rings. The van der Waals surface area contributed by atoms with Crippen molar-refractivity contribution in [3.63, 3.8) is 0 Å². The minimum absolute atomic E-state index is 0.00416. The van der Waals surface area contributed by atoms with E-state index >= 15 is 0 Å². The summed E-state index contributed by atoms with van der Waals surface area (Å²) in [7, 11) is 0. The molecule has 0 radical (unpaired) electrons. The summed E-state index contributed by atoms with van der Waals surface area (Å²) in [6.07, 6.45) is 1.74. The van der Waals surface area contributed by atoms with Gasteiger partial charge in [-0.15, -0.1) is 0 Å². The third-order valence-corrected chi connectivity index (χ3v) is 4.86. The molecule has 0 spiro atoms. The molecule has 1 amide bonds. The number of nitrogens with one attached hydrogen (secondary N) is 1. The Kier molecular flexibility index (Phi) is 5.83. The summed E-state index contributed by atoms with van der Waals surface area (Å²) in [6, 6.07) is 18.9. The fourth-order valence-electron chi connectivity index (χ4n) is 2.47. The number of rotatable bonds is 6. The molecule has 1 aromatic heterocycles. The maximum Gasteiger partial charge on any atom is 0.269 e.